The summed E-state index contributed by atoms with van der Waals surface area (Å²) in [6.07, 6.45) is 7.09. The molecule has 0 aromatic rings. The molecule has 0 atom stereocenters. The number of nitrogens with zero attached hydrogens (tertiary/aromatic N) is 1. The Balaban J connectivity index is 3.60. The molecule has 0 aromatic carbocycles. The summed E-state index contributed by atoms with van der Waals surface area (Å²) in [7, 11) is 1.84. The number of hydrogen-bond acceptors (Lipinski definition) is 1. The monoisotopic (exact) mass is 155 g/mol. The first-order valence-corrected chi connectivity index (χ1v) is 4.53. The lowest BCUT2D eigenvalue weighted by Crippen LogP contribution is -2.11. The Bertz CT molecular complexity index is 114. The highest BCUT2D eigenvalue weighted by molar-refractivity contribution is 5.57. The van der Waals surface area contributed by atoms with Crippen molar-refractivity contribution in [2.75, 3.05) is 7.05 Å². The Morgan fingerprint density at radius 3 is 2.45 bits per heavy atom. The zero-order valence-corrected chi connectivity index (χ0v) is 8.35. The van der Waals surface area contributed by atoms with Crippen LogP contribution in [0.25, 0.3) is 0 Å². The van der Waals surface area contributed by atoms with Gasteiger partial charge < -0.3 is 4.99 Å². The Morgan fingerprint density at radius 1 is 1.36 bits per heavy atom. The van der Waals surface area contributed by atoms with E-state index in [0.717, 1.165) is 6.42 Å². The van der Waals surface area contributed by atoms with Gasteiger partial charge in [-0.1, -0.05) is 33.6 Å². The molecule has 0 N–H and O–H groups in total. The molecule has 0 aromatic heterocycles. The van der Waals surface area contributed by atoms with E-state index in [1.807, 2.05) is 13.3 Å². The van der Waals surface area contributed by atoms with Crippen molar-refractivity contribution in [2.24, 2.45) is 10.4 Å². The van der Waals surface area contributed by atoms with Crippen molar-refractivity contribution in [3.8, 4) is 0 Å². The molecule has 0 saturated heterocycles. The molecule has 1 nitrogen and oxygen atoms in total. The number of rotatable bonds is 5. The second kappa shape index (κ2) is 5.34. The smallest absolute Gasteiger partial charge is 0.0273 e. The Kier molecular flexibility index (Phi) is 5.18. The largest absolute Gasteiger partial charge is 0.301 e. The molecule has 0 aliphatic heterocycles. The third-order valence-electron chi connectivity index (χ3n) is 2.03. The third-order valence-corrected chi connectivity index (χ3v) is 2.03. The van der Waals surface area contributed by atoms with Gasteiger partial charge in [0.15, 0.2) is 0 Å². The lowest BCUT2D eigenvalue weighted by molar-refractivity contribution is 0.340. The fraction of sp³-hybridized carbons (Fsp3) is 0.900. The summed E-state index contributed by atoms with van der Waals surface area (Å²) >= 11 is 0. The molecule has 0 unspecified atom stereocenters. The minimum Gasteiger partial charge on any atom is -0.301 e. The minimum atomic E-state index is 0.454. The number of hydrogen-bond donors (Lipinski definition) is 0. The maximum atomic E-state index is 4.00. The van der Waals surface area contributed by atoms with E-state index in [2.05, 4.69) is 25.8 Å². The van der Waals surface area contributed by atoms with Gasteiger partial charge in [0.1, 0.15) is 0 Å². The molecule has 0 fully saturated rings. The van der Waals surface area contributed by atoms with Crippen LogP contribution in [0.2, 0.25) is 0 Å². The first kappa shape index (κ1) is 10.7. The van der Waals surface area contributed by atoms with E-state index in [1.165, 1.54) is 19.3 Å². The van der Waals surface area contributed by atoms with Gasteiger partial charge >= 0.3 is 0 Å². The van der Waals surface area contributed by atoms with Gasteiger partial charge in [-0.15, -0.1) is 0 Å². The second-order valence-electron chi connectivity index (χ2n) is 3.91. The molecule has 0 radical (unpaired) electrons. The highest BCUT2D eigenvalue weighted by Crippen LogP contribution is 2.25. The molecule has 0 saturated carbocycles. The molecule has 0 heterocycles. The standard InChI is InChI=1S/C10H21N/c1-5-6-7-10(2,3)8-9-11-4/h9H,5-8H2,1-4H3/b11-9+. The zero-order valence-electron chi connectivity index (χ0n) is 8.35. The first-order valence-electron chi connectivity index (χ1n) is 4.53. The van der Waals surface area contributed by atoms with Crippen LogP contribution in [0.3, 0.4) is 0 Å². The molecule has 0 amide bonds. The average molecular weight is 155 g/mol. The topological polar surface area (TPSA) is 12.4 Å². The summed E-state index contributed by atoms with van der Waals surface area (Å²) in [6, 6.07) is 0. The van der Waals surface area contributed by atoms with Gasteiger partial charge in [-0.3, -0.25) is 0 Å². The van der Waals surface area contributed by atoms with Crippen LogP contribution < -0.4 is 0 Å². The predicted octanol–water partition coefficient (Wildman–Crippen LogP) is 3.29. The average Bonchev–Trinajstić information content (AvgIpc) is 1.97. The van der Waals surface area contributed by atoms with Crippen LogP contribution in [0.15, 0.2) is 4.99 Å². The lowest BCUT2D eigenvalue weighted by Gasteiger charge is -2.21. The summed E-state index contributed by atoms with van der Waals surface area (Å²) in [4.78, 5) is 4.00. The maximum Gasteiger partial charge on any atom is 0.0273 e. The van der Waals surface area contributed by atoms with E-state index in [4.69, 9.17) is 0 Å². The highest BCUT2D eigenvalue weighted by Gasteiger charge is 2.14. The van der Waals surface area contributed by atoms with Crippen LogP contribution in [-0.4, -0.2) is 13.3 Å². The van der Waals surface area contributed by atoms with Gasteiger partial charge in [0.05, 0.1) is 0 Å². The number of aliphatic imine (C=N–C) groups is 1. The summed E-state index contributed by atoms with van der Waals surface area (Å²) in [5, 5.41) is 0. The van der Waals surface area contributed by atoms with Crippen LogP contribution in [-0.2, 0) is 0 Å². The van der Waals surface area contributed by atoms with Crippen molar-refractivity contribution in [3.63, 3.8) is 0 Å². The van der Waals surface area contributed by atoms with E-state index in [0.29, 0.717) is 5.41 Å². The third kappa shape index (κ3) is 6.08. The summed E-state index contributed by atoms with van der Waals surface area (Å²) in [5.74, 6) is 0. The van der Waals surface area contributed by atoms with Crippen molar-refractivity contribution in [3.05, 3.63) is 0 Å². The van der Waals surface area contributed by atoms with Crippen LogP contribution in [0.1, 0.15) is 46.5 Å². The predicted molar refractivity (Wildman–Crippen MR) is 52.3 cm³/mol. The van der Waals surface area contributed by atoms with Crippen LogP contribution in [0.4, 0.5) is 0 Å². The van der Waals surface area contributed by atoms with Crippen molar-refractivity contribution >= 4 is 6.21 Å². The van der Waals surface area contributed by atoms with Crippen LogP contribution >= 0.6 is 0 Å². The first-order chi connectivity index (χ1) is 5.12. The minimum absolute atomic E-state index is 0.454. The van der Waals surface area contributed by atoms with Crippen molar-refractivity contribution in [1.29, 1.82) is 0 Å². The van der Waals surface area contributed by atoms with E-state index in [1.54, 1.807) is 0 Å². The highest BCUT2D eigenvalue weighted by atomic mass is 14.6. The quantitative estimate of drug-likeness (QED) is 0.540. The fourth-order valence-corrected chi connectivity index (χ4v) is 1.10. The van der Waals surface area contributed by atoms with Gasteiger partial charge in [-0.2, -0.15) is 0 Å². The summed E-state index contributed by atoms with van der Waals surface area (Å²) in [6.45, 7) is 6.86. The van der Waals surface area contributed by atoms with Gasteiger partial charge in [0.25, 0.3) is 0 Å². The maximum absolute atomic E-state index is 4.00. The molecule has 0 aliphatic carbocycles. The molecular formula is C10H21N. The van der Waals surface area contributed by atoms with Crippen LogP contribution in [0, 0.1) is 5.41 Å². The normalized spacial score (nSPS) is 12.7. The van der Waals surface area contributed by atoms with E-state index in [9.17, 15) is 0 Å². The van der Waals surface area contributed by atoms with E-state index < -0.39 is 0 Å². The van der Waals surface area contributed by atoms with Gasteiger partial charge in [-0.05, 0) is 24.5 Å². The second-order valence-corrected chi connectivity index (χ2v) is 3.91. The molecule has 1 heteroatoms. The van der Waals surface area contributed by atoms with Crippen LogP contribution in [0.5, 0.6) is 0 Å². The van der Waals surface area contributed by atoms with Gasteiger partial charge in [-0.25, -0.2) is 0 Å². The molecule has 0 rings (SSSR count). The van der Waals surface area contributed by atoms with Gasteiger partial charge in [0.2, 0.25) is 0 Å². The van der Waals surface area contributed by atoms with Crippen molar-refractivity contribution < 1.29 is 0 Å². The molecule has 0 aliphatic rings. The Hall–Kier alpha value is -0.330. The van der Waals surface area contributed by atoms with E-state index >= 15 is 0 Å². The Labute approximate surface area is 70.9 Å². The molecule has 66 valence electrons. The van der Waals surface area contributed by atoms with Crippen molar-refractivity contribution in [2.45, 2.75) is 46.5 Å². The molecule has 0 bridgehead atoms. The van der Waals surface area contributed by atoms with Crippen molar-refractivity contribution in [1.82, 2.24) is 0 Å². The summed E-state index contributed by atoms with van der Waals surface area (Å²) in [5.41, 5.74) is 0.454. The molecular weight excluding hydrogens is 134 g/mol. The fourth-order valence-electron chi connectivity index (χ4n) is 1.10. The summed E-state index contributed by atoms with van der Waals surface area (Å²) < 4.78 is 0. The SMILES string of the molecule is CCCCC(C)(C)C/C=N/C. The van der Waals surface area contributed by atoms with Gasteiger partial charge in [0, 0.05) is 7.05 Å². The molecule has 0 spiro atoms. The lowest BCUT2D eigenvalue weighted by atomic mass is 9.84. The Morgan fingerprint density at radius 2 is 2.00 bits per heavy atom. The van der Waals surface area contributed by atoms with E-state index in [-0.39, 0.29) is 0 Å². The zero-order chi connectivity index (χ0) is 8.74. The number of unbranched alkanes of at least 4 members (excludes halogenated alkanes) is 1. The molecule has 11 heavy (non-hydrogen) atoms.